The number of halogens is 1. The maximum absolute atomic E-state index is 13.7. The molecule has 0 aliphatic heterocycles. The summed E-state index contributed by atoms with van der Waals surface area (Å²) in [6, 6.07) is 16.4. The number of hydrogen-bond donors (Lipinski definition) is 2. The predicted octanol–water partition coefficient (Wildman–Crippen LogP) is 4.95. The lowest BCUT2D eigenvalue weighted by molar-refractivity contribution is 0.631. The molecule has 0 radical (unpaired) electrons. The number of para-hydroxylation sites is 1. The van der Waals surface area contributed by atoms with Crippen LogP contribution in [0, 0.1) is 5.82 Å². The summed E-state index contributed by atoms with van der Waals surface area (Å²) in [4.78, 5) is 10.8. The van der Waals surface area contributed by atoms with E-state index in [1.54, 1.807) is 30.5 Å². The number of benzene rings is 2. The molecule has 1 aromatic heterocycles. The maximum atomic E-state index is 13.7. The van der Waals surface area contributed by atoms with E-state index in [9.17, 15) is 4.39 Å². The second-order valence-corrected chi connectivity index (χ2v) is 5.71. The van der Waals surface area contributed by atoms with Crippen LogP contribution in [0.4, 0.5) is 33.2 Å². The van der Waals surface area contributed by atoms with E-state index >= 15 is 0 Å². The standard InChI is InChI=1S/C20H22FN5/c1-3-26(4-2)16-11-9-15(10-12-16)23-19-13-14-22-20(25-19)24-18-8-6-5-7-17(18)21/h5-14H,3-4H2,1-2H3,(H2,22,23,24,25). The number of aromatic nitrogens is 2. The number of anilines is 5. The minimum atomic E-state index is -0.346. The second-order valence-electron chi connectivity index (χ2n) is 5.71. The highest BCUT2D eigenvalue weighted by Gasteiger charge is 2.05. The average molecular weight is 351 g/mol. The molecule has 0 unspecified atom stereocenters. The van der Waals surface area contributed by atoms with Crippen molar-refractivity contribution in [2.75, 3.05) is 28.6 Å². The first-order chi connectivity index (χ1) is 12.7. The van der Waals surface area contributed by atoms with Crippen LogP contribution in [0.15, 0.2) is 60.8 Å². The van der Waals surface area contributed by atoms with E-state index in [4.69, 9.17) is 0 Å². The molecule has 1 heterocycles. The van der Waals surface area contributed by atoms with E-state index in [2.05, 4.69) is 51.5 Å². The zero-order valence-electron chi connectivity index (χ0n) is 14.9. The first-order valence-electron chi connectivity index (χ1n) is 8.66. The van der Waals surface area contributed by atoms with Crippen LogP contribution in [-0.2, 0) is 0 Å². The fourth-order valence-electron chi connectivity index (χ4n) is 2.66. The molecule has 3 aromatic rings. The smallest absolute Gasteiger partial charge is 0.229 e. The van der Waals surface area contributed by atoms with Gasteiger partial charge < -0.3 is 15.5 Å². The Hall–Kier alpha value is -3.15. The first kappa shape index (κ1) is 17.7. The van der Waals surface area contributed by atoms with Crippen molar-refractivity contribution in [1.82, 2.24) is 9.97 Å². The summed E-state index contributed by atoms with van der Waals surface area (Å²) in [7, 11) is 0. The monoisotopic (exact) mass is 351 g/mol. The molecule has 2 aromatic carbocycles. The van der Waals surface area contributed by atoms with Gasteiger partial charge in [-0.25, -0.2) is 9.37 Å². The van der Waals surface area contributed by atoms with Gasteiger partial charge in [0.25, 0.3) is 0 Å². The quantitative estimate of drug-likeness (QED) is 0.631. The number of nitrogens with zero attached hydrogens (tertiary/aromatic N) is 3. The summed E-state index contributed by atoms with van der Waals surface area (Å²) >= 11 is 0. The Labute approximate surface area is 152 Å². The zero-order chi connectivity index (χ0) is 18.4. The predicted molar refractivity (Wildman–Crippen MR) is 105 cm³/mol. The molecule has 0 spiro atoms. The molecule has 0 aliphatic rings. The fourth-order valence-corrected chi connectivity index (χ4v) is 2.66. The molecule has 134 valence electrons. The molecule has 0 amide bonds. The van der Waals surface area contributed by atoms with E-state index < -0.39 is 0 Å². The molecular formula is C20H22FN5. The van der Waals surface area contributed by atoms with Crippen LogP contribution in [0.5, 0.6) is 0 Å². The van der Waals surface area contributed by atoms with Crippen molar-refractivity contribution in [2.45, 2.75) is 13.8 Å². The van der Waals surface area contributed by atoms with Gasteiger partial charge in [0.05, 0.1) is 5.69 Å². The van der Waals surface area contributed by atoms with E-state index in [0.29, 0.717) is 17.5 Å². The number of nitrogens with one attached hydrogen (secondary N) is 2. The molecule has 5 nitrogen and oxygen atoms in total. The molecule has 0 atom stereocenters. The third-order valence-electron chi connectivity index (χ3n) is 4.04. The Morgan fingerprint density at radius 3 is 2.35 bits per heavy atom. The third kappa shape index (κ3) is 4.27. The van der Waals surface area contributed by atoms with E-state index in [0.717, 1.165) is 18.8 Å². The van der Waals surface area contributed by atoms with Crippen LogP contribution in [-0.4, -0.2) is 23.1 Å². The van der Waals surface area contributed by atoms with Gasteiger partial charge in [-0.1, -0.05) is 12.1 Å². The SMILES string of the molecule is CCN(CC)c1ccc(Nc2ccnc(Nc3ccccc3F)n2)cc1. The van der Waals surface area contributed by atoms with Crippen molar-refractivity contribution < 1.29 is 4.39 Å². The Morgan fingerprint density at radius 2 is 1.65 bits per heavy atom. The van der Waals surface area contributed by atoms with Gasteiger partial charge in [-0.05, 0) is 56.3 Å². The highest BCUT2D eigenvalue weighted by atomic mass is 19.1. The van der Waals surface area contributed by atoms with Crippen molar-refractivity contribution in [1.29, 1.82) is 0 Å². The Morgan fingerprint density at radius 1 is 0.923 bits per heavy atom. The molecule has 6 heteroatoms. The Bertz CT molecular complexity index is 847. The lowest BCUT2D eigenvalue weighted by Gasteiger charge is -2.21. The lowest BCUT2D eigenvalue weighted by Crippen LogP contribution is -2.21. The number of hydrogen-bond acceptors (Lipinski definition) is 5. The highest BCUT2D eigenvalue weighted by Crippen LogP contribution is 2.22. The van der Waals surface area contributed by atoms with Crippen molar-refractivity contribution in [2.24, 2.45) is 0 Å². The van der Waals surface area contributed by atoms with Crippen molar-refractivity contribution in [3.8, 4) is 0 Å². The molecule has 3 rings (SSSR count). The van der Waals surface area contributed by atoms with Crippen molar-refractivity contribution in [3.63, 3.8) is 0 Å². The Kier molecular flexibility index (Phi) is 5.63. The fraction of sp³-hybridized carbons (Fsp3) is 0.200. The summed E-state index contributed by atoms with van der Waals surface area (Å²) in [6.07, 6.45) is 1.63. The summed E-state index contributed by atoms with van der Waals surface area (Å²) in [5.41, 5.74) is 2.45. The van der Waals surface area contributed by atoms with E-state index in [1.807, 2.05) is 12.1 Å². The number of rotatable bonds is 7. The molecule has 26 heavy (non-hydrogen) atoms. The zero-order valence-corrected chi connectivity index (χ0v) is 14.9. The maximum Gasteiger partial charge on any atom is 0.229 e. The van der Waals surface area contributed by atoms with Gasteiger partial charge in [0, 0.05) is 30.7 Å². The van der Waals surface area contributed by atoms with Crippen LogP contribution < -0.4 is 15.5 Å². The summed E-state index contributed by atoms with van der Waals surface area (Å²) in [6.45, 7) is 6.22. The topological polar surface area (TPSA) is 53.1 Å². The van der Waals surface area contributed by atoms with Gasteiger partial charge >= 0.3 is 0 Å². The van der Waals surface area contributed by atoms with E-state index in [1.165, 1.54) is 11.8 Å². The summed E-state index contributed by atoms with van der Waals surface area (Å²) in [5, 5.41) is 6.14. The van der Waals surface area contributed by atoms with Gasteiger partial charge in [0.2, 0.25) is 5.95 Å². The van der Waals surface area contributed by atoms with Gasteiger partial charge in [-0.3, -0.25) is 0 Å². The van der Waals surface area contributed by atoms with Crippen molar-refractivity contribution >= 4 is 28.8 Å². The third-order valence-corrected chi connectivity index (χ3v) is 4.04. The largest absolute Gasteiger partial charge is 0.372 e. The van der Waals surface area contributed by atoms with Crippen LogP contribution in [0.1, 0.15) is 13.8 Å². The minimum Gasteiger partial charge on any atom is -0.372 e. The molecule has 0 saturated carbocycles. The highest BCUT2D eigenvalue weighted by molar-refractivity contribution is 5.62. The lowest BCUT2D eigenvalue weighted by atomic mass is 10.2. The van der Waals surface area contributed by atoms with Crippen LogP contribution in [0.25, 0.3) is 0 Å². The first-order valence-corrected chi connectivity index (χ1v) is 8.66. The minimum absolute atomic E-state index is 0.333. The molecular weight excluding hydrogens is 329 g/mol. The summed E-state index contributed by atoms with van der Waals surface area (Å²) in [5.74, 6) is 0.621. The van der Waals surface area contributed by atoms with Gasteiger partial charge in [-0.2, -0.15) is 4.98 Å². The summed E-state index contributed by atoms with van der Waals surface area (Å²) < 4.78 is 13.7. The average Bonchev–Trinajstić information content (AvgIpc) is 2.66. The van der Waals surface area contributed by atoms with Crippen LogP contribution >= 0.6 is 0 Å². The molecule has 2 N–H and O–H groups in total. The van der Waals surface area contributed by atoms with Gasteiger partial charge in [0.15, 0.2) is 0 Å². The Balaban J connectivity index is 1.72. The second kappa shape index (κ2) is 8.29. The van der Waals surface area contributed by atoms with E-state index in [-0.39, 0.29) is 5.82 Å². The normalized spacial score (nSPS) is 10.4. The van der Waals surface area contributed by atoms with Crippen LogP contribution in [0.3, 0.4) is 0 Å². The van der Waals surface area contributed by atoms with Crippen molar-refractivity contribution in [3.05, 3.63) is 66.6 Å². The van der Waals surface area contributed by atoms with Gasteiger partial charge in [0.1, 0.15) is 11.6 Å². The molecule has 0 bridgehead atoms. The molecule has 0 fully saturated rings. The van der Waals surface area contributed by atoms with Crippen LogP contribution in [0.2, 0.25) is 0 Å². The molecule has 0 aliphatic carbocycles. The van der Waals surface area contributed by atoms with Gasteiger partial charge in [-0.15, -0.1) is 0 Å². The molecule has 0 saturated heterocycles.